The van der Waals surface area contributed by atoms with Crippen LogP contribution in [0, 0.1) is 0 Å². The van der Waals surface area contributed by atoms with Gasteiger partial charge in [0.05, 0.1) is 0 Å². The number of aliphatic carboxylic acids is 1. The van der Waals surface area contributed by atoms with E-state index >= 15 is 0 Å². The largest absolute Gasteiger partial charge is 0.478 e. The molecule has 17 heavy (non-hydrogen) atoms. The maximum Gasteiger partial charge on any atom is 0.328 e. The molecule has 86 valence electrons. The Morgan fingerprint density at radius 1 is 1.18 bits per heavy atom. The van der Waals surface area contributed by atoms with E-state index in [4.69, 9.17) is 5.11 Å². The standard InChI is InChI=1S/C14H12O2S/c1-10(9-14(15)16)12-7-8-13(17-12)11-5-3-2-4-6-11/h2-9H,1H3,(H,15,16)/b10-9+. The highest BCUT2D eigenvalue weighted by Gasteiger charge is 2.04. The summed E-state index contributed by atoms with van der Waals surface area (Å²) < 4.78 is 0. The molecule has 2 rings (SSSR count). The van der Waals surface area contributed by atoms with Gasteiger partial charge in [-0.25, -0.2) is 4.79 Å². The molecule has 0 unspecified atom stereocenters. The number of allylic oxidation sites excluding steroid dienone is 1. The molecule has 1 aromatic heterocycles. The molecule has 0 bridgehead atoms. The van der Waals surface area contributed by atoms with E-state index in [9.17, 15) is 4.79 Å². The van der Waals surface area contributed by atoms with Crippen molar-refractivity contribution in [2.24, 2.45) is 0 Å². The van der Waals surface area contributed by atoms with E-state index in [1.165, 1.54) is 6.08 Å². The number of thiophene rings is 1. The van der Waals surface area contributed by atoms with Crippen LogP contribution in [0.5, 0.6) is 0 Å². The monoisotopic (exact) mass is 244 g/mol. The number of hydrogen-bond donors (Lipinski definition) is 1. The summed E-state index contributed by atoms with van der Waals surface area (Å²) in [4.78, 5) is 12.7. The molecule has 0 saturated carbocycles. The van der Waals surface area contributed by atoms with Gasteiger partial charge in [-0.1, -0.05) is 30.3 Å². The Labute approximate surface area is 104 Å². The van der Waals surface area contributed by atoms with Gasteiger partial charge in [0, 0.05) is 15.8 Å². The Morgan fingerprint density at radius 2 is 1.88 bits per heavy atom. The minimum Gasteiger partial charge on any atom is -0.478 e. The van der Waals surface area contributed by atoms with E-state index in [1.54, 1.807) is 11.3 Å². The smallest absolute Gasteiger partial charge is 0.328 e. The molecule has 0 amide bonds. The number of hydrogen-bond acceptors (Lipinski definition) is 2. The summed E-state index contributed by atoms with van der Waals surface area (Å²) in [5.41, 5.74) is 1.94. The fourth-order valence-corrected chi connectivity index (χ4v) is 2.55. The van der Waals surface area contributed by atoms with E-state index in [0.717, 1.165) is 20.9 Å². The van der Waals surface area contributed by atoms with Gasteiger partial charge in [0.25, 0.3) is 0 Å². The van der Waals surface area contributed by atoms with Gasteiger partial charge >= 0.3 is 5.97 Å². The highest BCUT2D eigenvalue weighted by atomic mass is 32.1. The normalized spacial score (nSPS) is 11.5. The van der Waals surface area contributed by atoms with Crippen LogP contribution in [0.1, 0.15) is 11.8 Å². The number of carboxylic acids is 1. The van der Waals surface area contributed by atoms with Crippen molar-refractivity contribution in [3.05, 3.63) is 53.4 Å². The van der Waals surface area contributed by atoms with Crippen molar-refractivity contribution >= 4 is 22.9 Å². The van der Waals surface area contributed by atoms with Crippen molar-refractivity contribution in [1.29, 1.82) is 0 Å². The van der Waals surface area contributed by atoms with Crippen LogP contribution in [0.2, 0.25) is 0 Å². The highest BCUT2D eigenvalue weighted by molar-refractivity contribution is 7.16. The van der Waals surface area contributed by atoms with Crippen molar-refractivity contribution in [3.63, 3.8) is 0 Å². The van der Waals surface area contributed by atoms with Crippen LogP contribution in [0.3, 0.4) is 0 Å². The van der Waals surface area contributed by atoms with Gasteiger partial charge in [-0.3, -0.25) is 0 Å². The first-order valence-electron chi connectivity index (χ1n) is 5.23. The lowest BCUT2D eigenvalue weighted by molar-refractivity contribution is -0.131. The lowest BCUT2D eigenvalue weighted by atomic mass is 10.2. The zero-order valence-electron chi connectivity index (χ0n) is 9.38. The summed E-state index contributed by atoms with van der Waals surface area (Å²) in [6.07, 6.45) is 1.24. The molecule has 0 fully saturated rings. The second kappa shape index (κ2) is 4.97. The van der Waals surface area contributed by atoms with Crippen LogP contribution < -0.4 is 0 Å². The van der Waals surface area contributed by atoms with E-state index in [2.05, 4.69) is 0 Å². The number of carbonyl (C=O) groups is 1. The van der Waals surface area contributed by atoms with Crippen molar-refractivity contribution in [3.8, 4) is 10.4 Å². The first-order chi connectivity index (χ1) is 8.16. The van der Waals surface area contributed by atoms with Gasteiger partial charge < -0.3 is 5.11 Å². The molecule has 0 spiro atoms. The quantitative estimate of drug-likeness (QED) is 0.831. The number of benzene rings is 1. The lowest BCUT2D eigenvalue weighted by Gasteiger charge is -1.96. The molecule has 0 aliphatic carbocycles. The van der Waals surface area contributed by atoms with Crippen molar-refractivity contribution in [2.45, 2.75) is 6.92 Å². The molecule has 3 heteroatoms. The first-order valence-corrected chi connectivity index (χ1v) is 6.05. The van der Waals surface area contributed by atoms with Crippen molar-refractivity contribution in [1.82, 2.24) is 0 Å². The molecule has 1 N–H and O–H groups in total. The summed E-state index contributed by atoms with van der Waals surface area (Å²) in [5, 5.41) is 8.70. The maximum atomic E-state index is 10.6. The van der Waals surface area contributed by atoms with Crippen LogP contribution in [-0.2, 0) is 4.79 Å². The van der Waals surface area contributed by atoms with Gasteiger partial charge in [0.2, 0.25) is 0 Å². The molecule has 0 aliphatic heterocycles. The average Bonchev–Trinajstić information content (AvgIpc) is 2.78. The van der Waals surface area contributed by atoms with Crippen LogP contribution in [-0.4, -0.2) is 11.1 Å². The molecule has 1 heterocycles. The van der Waals surface area contributed by atoms with Crippen LogP contribution in [0.25, 0.3) is 16.0 Å². The molecular weight excluding hydrogens is 232 g/mol. The molecular formula is C14H12O2S. The van der Waals surface area contributed by atoms with Crippen LogP contribution in [0.4, 0.5) is 0 Å². The minimum absolute atomic E-state index is 0.782. The Balaban J connectivity index is 2.31. The Morgan fingerprint density at radius 3 is 2.53 bits per heavy atom. The van der Waals surface area contributed by atoms with E-state index < -0.39 is 5.97 Å². The van der Waals surface area contributed by atoms with Gasteiger partial charge in [0.1, 0.15) is 0 Å². The van der Waals surface area contributed by atoms with Crippen molar-refractivity contribution in [2.75, 3.05) is 0 Å². The highest BCUT2D eigenvalue weighted by Crippen LogP contribution is 2.31. The molecule has 0 aliphatic rings. The van der Waals surface area contributed by atoms with Gasteiger partial charge in [-0.15, -0.1) is 11.3 Å². The molecule has 0 radical (unpaired) electrons. The summed E-state index contributed by atoms with van der Waals surface area (Å²) in [6.45, 7) is 1.81. The minimum atomic E-state index is -0.905. The lowest BCUT2D eigenvalue weighted by Crippen LogP contribution is -1.88. The van der Waals surface area contributed by atoms with Crippen LogP contribution >= 0.6 is 11.3 Å². The number of rotatable bonds is 3. The van der Waals surface area contributed by atoms with Gasteiger partial charge in [-0.05, 0) is 30.2 Å². The predicted molar refractivity (Wildman–Crippen MR) is 71.0 cm³/mol. The van der Waals surface area contributed by atoms with Crippen LogP contribution in [0.15, 0.2) is 48.5 Å². The molecule has 0 atom stereocenters. The third kappa shape index (κ3) is 2.82. The first kappa shape index (κ1) is 11.6. The number of carboxylic acid groups (broad SMARTS) is 1. The van der Waals surface area contributed by atoms with Crippen molar-refractivity contribution < 1.29 is 9.90 Å². The van der Waals surface area contributed by atoms with Gasteiger partial charge in [-0.2, -0.15) is 0 Å². The van der Waals surface area contributed by atoms with E-state index in [-0.39, 0.29) is 0 Å². The SMILES string of the molecule is C/C(=C\C(=O)O)c1ccc(-c2ccccc2)s1. The zero-order valence-corrected chi connectivity index (χ0v) is 10.2. The van der Waals surface area contributed by atoms with E-state index in [0.29, 0.717) is 0 Å². The maximum absolute atomic E-state index is 10.6. The average molecular weight is 244 g/mol. The Hall–Kier alpha value is -1.87. The topological polar surface area (TPSA) is 37.3 Å². The summed E-state index contributed by atoms with van der Waals surface area (Å²) in [6, 6.07) is 14.0. The molecule has 2 nitrogen and oxygen atoms in total. The Bertz CT molecular complexity index is 553. The Kier molecular flexibility index (Phi) is 3.40. The summed E-state index contributed by atoms with van der Waals surface area (Å²) >= 11 is 1.60. The third-order valence-corrected chi connectivity index (χ3v) is 3.66. The summed E-state index contributed by atoms with van der Waals surface area (Å²) in [5.74, 6) is -0.905. The predicted octanol–water partition coefficient (Wildman–Crippen LogP) is 3.90. The third-order valence-electron chi connectivity index (χ3n) is 2.39. The fourth-order valence-electron chi connectivity index (χ4n) is 1.56. The second-order valence-corrected chi connectivity index (χ2v) is 4.78. The zero-order chi connectivity index (χ0) is 12.3. The second-order valence-electron chi connectivity index (χ2n) is 3.70. The fraction of sp³-hybridized carbons (Fsp3) is 0.0714. The van der Waals surface area contributed by atoms with E-state index in [1.807, 2.05) is 49.4 Å². The molecule has 1 aromatic carbocycles. The van der Waals surface area contributed by atoms with Gasteiger partial charge in [0.15, 0.2) is 0 Å². The molecule has 0 saturated heterocycles. The summed E-state index contributed by atoms with van der Waals surface area (Å²) in [7, 11) is 0. The molecule has 2 aromatic rings.